The minimum atomic E-state index is -0.0523. The van der Waals surface area contributed by atoms with Gasteiger partial charge >= 0.3 is 0 Å². The van der Waals surface area contributed by atoms with Gasteiger partial charge in [0.05, 0.1) is 18.4 Å². The second-order valence-corrected chi connectivity index (χ2v) is 4.31. The summed E-state index contributed by atoms with van der Waals surface area (Å²) in [5.74, 6) is -0.0523. The van der Waals surface area contributed by atoms with Crippen molar-refractivity contribution < 1.29 is 9.90 Å². The Morgan fingerprint density at radius 3 is 2.93 bits per heavy atom. The van der Waals surface area contributed by atoms with Crippen molar-refractivity contribution in [2.24, 2.45) is 5.41 Å². The van der Waals surface area contributed by atoms with E-state index in [1.54, 1.807) is 18.1 Å². The second kappa shape index (κ2) is 3.66. The molecule has 5 heteroatoms. The molecule has 0 radical (unpaired) electrons. The first kappa shape index (κ1) is 10.2. The highest BCUT2D eigenvalue weighted by atomic mass is 16.3. The Bertz CT molecular complexity index is 344. The monoisotopic (exact) mass is 209 g/mol. The highest BCUT2D eigenvalue weighted by molar-refractivity contribution is 5.93. The van der Waals surface area contributed by atoms with Gasteiger partial charge in [-0.15, -0.1) is 0 Å². The van der Waals surface area contributed by atoms with Gasteiger partial charge in [-0.1, -0.05) is 0 Å². The van der Waals surface area contributed by atoms with Crippen LogP contribution >= 0.6 is 0 Å². The number of carbonyl (C=O) groups is 1. The molecule has 0 aromatic carbocycles. The van der Waals surface area contributed by atoms with E-state index in [-0.39, 0.29) is 17.9 Å². The predicted octanol–water partition coefficient (Wildman–Crippen LogP) is 0.254. The molecule has 1 amide bonds. The van der Waals surface area contributed by atoms with Crippen molar-refractivity contribution >= 4 is 5.91 Å². The SMILES string of the molecule is CN(CC1(CO)CC1)C(=O)c1cn[nH]c1. The van der Waals surface area contributed by atoms with Gasteiger partial charge in [0.15, 0.2) is 0 Å². The number of carbonyl (C=O) groups excluding carboxylic acids is 1. The molecule has 0 spiro atoms. The molecule has 1 fully saturated rings. The molecular weight excluding hydrogens is 194 g/mol. The largest absolute Gasteiger partial charge is 0.396 e. The molecule has 1 heterocycles. The molecule has 82 valence electrons. The molecule has 0 aliphatic heterocycles. The molecule has 15 heavy (non-hydrogen) atoms. The van der Waals surface area contributed by atoms with Crippen molar-refractivity contribution in [1.82, 2.24) is 15.1 Å². The fourth-order valence-electron chi connectivity index (χ4n) is 1.71. The molecule has 2 N–H and O–H groups in total. The second-order valence-electron chi connectivity index (χ2n) is 4.31. The predicted molar refractivity (Wildman–Crippen MR) is 54.3 cm³/mol. The minimum Gasteiger partial charge on any atom is -0.396 e. The first-order valence-corrected chi connectivity index (χ1v) is 5.02. The maximum Gasteiger partial charge on any atom is 0.256 e. The van der Waals surface area contributed by atoms with Gasteiger partial charge in [-0.2, -0.15) is 5.10 Å². The van der Waals surface area contributed by atoms with Crippen LogP contribution in [-0.2, 0) is 0 Å². The van der Waals surface area contributed by atoms with Crippen molar-refractivity contribution in [2.45, 2.75) is 12.8 Å². The summed E-state index contributed by atoms with van der Waals surface area (Å²) < 4.78 is 0. The van der Waals surface area contributed by atoms with Gasteiger partial charge in [-0.3, -0.25) is 9.89 Å². The highest BCUT2D eigenvalue weighted by Crippen LogP contribution is 2.45. The molecule has 0 bridgehead atoms. The molecule has 1 aliphatic carbocycles. The average molecular weight is 209 g/mol. The van der Waals surface area contributed by atoms with E-state index in [1.165, 1.54) is 6.20 Å². The number of nitrogens with zero attached hydrogens (tertiary/aromatic N) is 2. The molecular formula is C10H15N3O2. The number of rotatable bonds is 4. The number of amides is 1. The fraction of sp³-hybridized carbons (Fsp3) is 0.600. The Hall–Kier alpha value is -1.36. The number of hydrogen-bond acceptors (Lipinski definition) is 3. The Balaban J connectivity index is 1.97. The Kier molecular flexibility index (Phi) is 2.48. The Morgan fingerprint density at radius 2 is 2.47 bits per heavy atom. The topological polar surface area (TPSA) is 69.2 Å². The lowest BCUT2D eigenvalue weighted by Gasteiger charge is -2.21. The third-order valence-corrected chi connectivity index (χ3v) is 2.96. The number of aromatic nitrogens is 2. The zero-order chi connectivity index (χ0) is 10.9. The smallest absolute Gasteiger partial charge is 0.256 e. The average Bonchev–Trinajstić information content (AvgIpc) is 2.81. The van der Waals surface area contributed by atoms with Crippen LogP contribution in [0.2, 0.25) is 0 Å². The summed E-state index contributed by atoms with van der Waals surface area (Å²) in [4.78, 5) is 13.5. The third-order valence-electron chi connectivity index (χ3n) is 2.96. The lowest BCUT2D eigenvalue weighted by molar-refractivity contribution is 0.0733. The molecule has 0 atom stereocenters. The van der Waals surface area contributed by atoms with Gasteiger partial charge < -0.3 is 10.0 Å². The number of aliphatic hydroxyl groups excluding tert-OH is 1. The number of aromatic amines is 1. The first-order chi connectivity index (χ1) is 7.17. The van der Waals surface area contributed by atoms with Crippen molar-refractivity contribution in [3.05, 3.63) is 18.0 Å². The molecule has 1 aromatic rings. The van der Waals surface area contributed by atoms with E-state index in [0.29, 0.717) is 12.1 Å². The quantitative estimate of drug-likeness (QED) is 0.747. The van der Waals surface area contributed by atoms with Gasteiger partial charge in [0.1, 0.15) is 0 Å². The maximum absolute atomic E-state index is 11.8. The summed E-state index contributed by atoms with van der Waals surface area (Å²) in [5.41, 5.74) is 0.528. The number of aliphatic hydroxyl groups is 1. The lowest BCUT2D eigenvalue weighted by atomic mass is 10.1. The maximum atomic E-state index is 11.8. The van der Waals surface area contributed by atoms with E-state index in [0.717, 1.165) is 12.8 Å². The summed E-state index contributed by atoms with van der Waals surface area (Å²) >= 11 is 0. The molecule has 1 saturated carbocycles. The molecule has 2 rings (SSSR count). The van der Waals surface area contributed by atoms with Crippen LogP contribution in [0.25, 0.3) is 0 Å². The normalized spacial score (nSPS) is 17.5. The van der Waals surface area contributed by atoms with Gasteiger partial charge in [-0.25, -0.2) is 0 Å². The summed E-state index contributed by atoms with van der Waals surface area (Å²) in [6.07, 6.45) is 5.10. The van der Waals surface area contributed by atoms with Gasteiger partial charge in [0.2, 0.25) is 0 Å². The van der Waals surface area contributed by atoms with Crippen LogP contribution in [0.5, 0.6) is 0 Å². The van der Waals surface area contributed by atoms with Crippen molar-refractivity contribution in [3.63, 3.8) is 0 Å². The van der Waals surface area contributed by atoms with Crippen LogP contribution in [0.3, 0.4) is 0 Å². The lowest BCUT2D eigenvalue weighted by Crippen LogP contribution is -2.33. The summed E-state index contributed by atoms with van der Waals surface area (Å²) in [6.45, 7) is 0.781. The van der Waals surface area contributed by atoms with Crippen LogP contribution < -0.4 is 0 Å². The standard InChI is InChI=1S/C10H15N3O2/c1-13(6-10(7-14)2-3-10)9(15)8-4-11-12-5-8/h4-5,14H,2-3,6-7H2,1H3,(H,11,12). The van der Waals surface area contributed by atoms with E-state index in [2.05, 4.69) is 10.2 Å². The van der Waals surface area contributed by atoms with Crippen LogP contribution in [0.4, 0.5) is 0 Å². The van der Waals surface area contributed by atoms with E-state index in [1.807, 2.05) is 0 Å². The number of hydrogen-bond donors (Lipinski definition) is 2. The summed E-state index contributed by atoms with van der Waals surface area (Å²) in [7, 11) is 1.76. The van der Waals surface area contributed by atoms with Crippen LogP contribution in [-0.4, -0.2) is 46.3 Å². The zero-order valence-corrected chi connectivity index (χ0v) is 8.73. The molecule has 5 nitrogen and oxygen atoms in total. The highest BCUT2D eigenvalue weighted by Gasteiger charge is 2.43. The van der Waals surface area contributed by atoms with Crippen LogP contribution in [0.1, 0.15) is 23.2 Å². The summed E-state index contributed by atoms with van der Waals surface area (Å²) in [6, 6.07) is 0. The first-order valence-electron chi connectivity index (χ1n) is 5.02. The van der Waals surface area contributed by atoms with Crippen LogP contribution in [0, 0.1) is 5.41 Å². The minimum absolute atomic E-state index is 0.0336. The fourth-order valence-corrected chi connectivity index (χ4v) is 1.71. The van der Waals surface area contributed by atoms with Gasteiger partial charge in [-0.05, 0) is 12.8 Å². The third kappa shape index (κ3) is 2.02. The van der Waals surface area contributed by atoms with Gasteiger partial charge in [0, 0.05) is 25.2 Å². The Labute approximate surface area is 88.1 Å². The van der Waals surface area contributed by atoms with Crippen molar-refractivity contribution in [3.8, 4) is 0 Å². The number of nitrogens with one attached hydrogen (secondary N) is 1. The zero-order valence-electron chi connectivity index (χ0n) is 8.73. The van der Waals surface area contributed by atoms with E-state index >= 15 is 0 Å². The van der Waals surface area contributed by atoms with E-state index < -0.39 is 0 Å². The van der Waals surface area contributed by atoms with Crippen molar-refractivity contribution in [1.29, 1.82) is 0 Å². The summed E-state index contributed by atoms with van der Waals surface area (Å²) in [5, 5.41) is 15.5. The molecule has 0 saturated heterocycles. The van der Waals surface area contributed by atoms with E-state index in [9.17, 15) is 4.79 Å². The van der Waals surface area contributed by atoms with Crippen molar-refractivity contribution in [2.75, 3.05) is 20.2 Å². The van der Waals surface area contributed by atoms with Crippen LogP contribution in [0.15, 0.2) is 12.4 Å². The van der Waals surface area contributed by atoms with Gasteiger partial charge in [0.25, 0.3) is 5.91 Å². The molecule has 1 aromatic heterocycles. The Morgan fingerprint density at radius 1 is 1.73 bits per heavy atom. The van der Waals surface area contributed by atoms with E-state index in [4.69, 9.17) is 5.11 Å². The molecule has 1 aliphatic rings. The molecule has 0 unspecified atom stereocenters. The number of H-pyrrole nitrogens is 1.